The highest BCUT2D eigenvalue weighted by molar-refractivity contribution is 7.99. The molecule has 0 fully saturated rings. The molecule has 0 atom stereocenters. The van der Waals surface area contributed by atoms with Gasteiger partial charge in [0.15, 0.2) is 0 Å². The van der Waals surface area contributed by atoms with Crippen LogP contribution in [-0.4, -0.2) is 22.7 Å². The highest BCUT2D eigenvalue weighted by atomic mass is 35.5. The van der Waals surface area contributed by atoms with E-state index in [-0.39, 0.29) is 12.3 Å². The average molecular weight is 274 g/mol. The van der Waals surface area contributed by atoms with Crippen molar-refractivity contribution in [3.05, 3.63) is 23.4 Å². The van der Waals surface area contributed by atoms with E-state index in [1.807, 2.05) is 5.32 Å². The third kappa shape index (κ3) is 5.55. The number of pyridine rings is 1. The monoisotopic (exact) mass is 273 g/mol. The highest BCUT2D eigenvalue weighted by Gasteiger charge is 2.05. The predicted molar refractivity (Wildman–Crippen MR) is 66.9 cm³/mol. The van der Waals surface area contributed by atoms with Crippen LogP contribution in [0.2, 0.25) is 5.02 Å². The molecule has 0 saturated carbocycles. The van der Waals surface area contributed by atoms with Gasteiger partial charge in [0.05, 0.1) is 5.02 Å². The molecule has 0 aromatic carbocycles. The molecular weight excluding hydrogens is 262 g/mol. The standard InChI is InChI=1S/C10H12ClN3O2S/c11-7-3-1-5-13-9(7)17-6-2-4-8(15)14-10(12)16/h1,3,5H,2,4,6H2,(H3,12,14,15,16). The number of thioether (sulfide) groups is 1. The normalized spacial score (nSPS) is 9.94. The van der Waals surface area contributed by atoms with E-state index >= 15 is 0 Å². The van der Waals surface area contributed by atoms with Crippen LogP contribution in [0.5, 0.6) is 0 Å². The van der Waals surface area contributed by atoms with E-state index in [4.69, 9.17) is 17.3 Å². The largest absolute Gasteiger partial charge is 0.351 e. The van der Waals surface area contributed by atoms with E-state index in [0.717, 1.165) is 5.03 Å². The molecule has 0 unspecified atom stereocenters. The number of imide groups is 1. The number of nitrogens with zero attached hydrogens (tertiary/aromatic N) is 1. The fraction of sp³-hybridized carbons (Fsp3) is 0.300. The molecule has 0 spiro atoms. The maximum atomic E-state index is 11.1. The van der Waals surface area contributed by atoms with Crippen molar-refractivity contribution in [2.24, 2.45) is 5.73 Å². The van der Waals surface area contributed by atoms with Gasteiger partial charge < -0.3 is 5.73 Å². The molecule has 3 N–H and O–H groups in total. The van der Waals surface area contributed by atoms with Crippen molar-refractivity contribution in [3.8, 4) is 0 Å². The Morgan fingerprint density at radius 2 is 2.29 bits per heavy atom. The molecule has 92 valence electrons. The van der Waals surface area contributed by atoms with Crippen molar-refractivity contribution in [1.82, 2.24) is 10.3 Å². The number of aromatic nitrogens is 1. The lowest BCUT2D eigenvalue weighted by atomic mass is 10.3. The molecule has 0 radical (unpaired) electrons. The van der Waals surface area contributed by atoms with Gasteiger partial charge in [-0.2, -0.15) is 0 Å². The van der Waals surface area contributed by atoms with Gasteiger partial charge >= 0.3 is 6.03 Å². The Labute approximate surface area is 108 Å². The summed E-state index contributed by atoms with van der Waals surface area (Å²) >= 11 is 7.38. The Kier molecular flexibility index (Phi) is 5.79. The van der Waals surface area contributed by atoms with Crippen LogP contribution in [0.1, 0.15) is 12.8 Å². The molecule has 0 saturated heterocycles. The Hall–Kier alpha value is -1.27. The summed E-state index contributed by atoms with van der Waals surface area (Å²) in [5, 5.41) is 3.34. The van der Waals surface area contributed by atoms with E-state index in [9.17, 15) is 9.59 Å². The Balaban J connectivity index is 2.23. The van der Waals surface area contributed by atoms with Gasteiger partial charge in [-0.1, -0.05) is 11.6 Å². The van der Waals surface area contributed by atoms with Crippen LogP contribution in [0.25, 0.3) is 0 Å². The summed E-state index contributed by atoms with van der Waals surface area (Å²) in [7, 11) is 0. The Morgan fingerprint density at radius 1 is 1.53 bits per heavy atom. The minimum Gasteiger partial charge on any atom is -0.351 e. The summed E-state index contributed by atoms with van der Waals surface area (Å²) in [6.07, 6.45) is 2.53. The molecule has 1 aromatic heterocycles. The second kappa shape index (κ2) is 7.13. The number of rotatable bonds is 5. The second-order valence-electron chi connectivity index (χ2n) is 3.15. The van der Waals surface area contributed by atoms with Crippen LogP contribution in [0, 0.1) is 0 Å². The third-order valence-electron chi connectivity index (χ3n) is 1.77. The summed E-state index contributed by atoms with van der Waals surface area (Å²) in [5.74, 6) is 0.327. The minimum absolute atomic E-state index is 0.250. The van der Waals surface area contributed by atoms with Crippen LogP contribution >= 0.6 is 23.4 Å². The van der Waals surface area contributed by atoms with Crippen LogP contribution in [0.4, 0.5) is 4.79 Å². The molecule has 3 amide bonds. The third-order valence-corrected chi connectivity index (χ3v) is 3.28. The number of nitrogens with two attached hydrogens (primary N) is 1. The molecule has 0 bridgehead atoms. The van der Waals surface area contributed by atoms with Crippen LogP contribution in [0.15, 0.2) is 23.4 Å². The number of amides is 3. The lowest BCUT2D eigenvalue weighted by Gasteiger charge is -2.02. The first-order valence-electron chi connectivity index (χ1n) is 4.92. The Morgan fingerprint density at radius 3 is 2.94 bits per heavy atom. The maximum absolute atomic E-state index is 11.1. The highest BCUT2D eigenvalue weighted by Crippen LogP contribution is 2.24. The van der Waals surface area contributed by atoms with Crippen molar-refractivity contribution in [2.75, 3.05) is 5.75 Å². The summed E-state index contributed by atoms with van der Waals surface area (Å²) < 4.78 is 0. The molecule has 1 heterocycles. The van der Waals surface area contributed by atoms with Gasteiger partial charge in [0.1, 0.15) is 5.03 Å². The fourth-order valence-corrected chi connectivity index (χ4v) is 2.19. The van der Waals surface area contributed by atoms with E-state index in [0.29, 0.717) is 17.2 Å². The smallest absolute Gasteiger partial charge is 0.318 e. The van der Waals surface area contributed by atoms with Crippen molar-refractivity contribution in [2.45, 2.75) is 17.9 Å². The van der Waals surface area contributed by atoms with E-state index in [1.54, 1.807) is 18.3 Å². The molecule has 7 heteroatoms. The number of carbonyl (C=O) groups is 2. The molecule has 5 nitrogen and oxygen atoms in total. The van der Waals surface area contributed by atoms with Gasteiger partial charge in [-0.05, 0) is 18.6 Å². The first-order valence-corrected chi connectivity index (χ1v) is 6.28. The lowest BCUT2D eigenvalue weighted by molar-refractivity contribution is -0.119. The number of hydrogen-bond donors (Lipinski definition) is 2. The zero-order valence-electron chi connectivity index (χ0n) is 8.98. The van der Waals surface area contributed by atoms with Crippen molar-refractivity contribution >= 4 is 35.3 Å². The number of primary amides is 1. The molecule has 0 aliphatic rings. The van der Waals surface area contributed by atoms with Crippen molar-refractivity contribution < 1.29 is 9.59 Å². The van der Waals surface area contributed by atoms with Crippen LogP contribution in [-0.2, 0) is 4.79 Å². The number of hydrogen-bond acceptors (Lipinski definition) is 4. The molecular formula is C10H12ClN3O2S. The van der Waals surface area contributed by atoms with Gasteiger partial charge in [0.25, 0.3) is 0 Å². The van der Waals surface area contributed by atoms with E-state index in [2.05, 4.69) is 4.98 Å². The number of halogens is 1. The summed E-state index contributed by atoms with van der Waals surface area (Å²) in [6.45, 7) is 0. The SMILES string of the molecule is NC(=O)NC(=O)CCCSc1ncccc1Cl. The van der Waals surface area contributed by atoms with Gasteiger partial charge in [0.2, 0.25) is 5.91 Å². The molecule has 0 aliphatic heterocycles. The molecule has 17 heavy (non-hydrogen) atoms. The van der Waals surface area contributed by atoms with E-state index < -0.39 is 6.03 Å². The quantitative estimate of drug-likeness (QED) is 0.633. The Bertz CT molecular complexity index is 414. The minimum atomic E-state index is -0.824. The van der Waals surface area contributed by atoms with E-state index in [1.165, 1.54) is 11.8 Å². The number of carbonyl (C=O) groups excluding carboxylic acids is 2. The summed E-state index contributed by atoms with van der Waals surface area (Å²) in [4.78, 5) is 25.5. The predicted octanol–water partition coefficient (Wildman–Crippen LogP) is 1.80. The van der Waals surface area contributed by atoms with Gasteiger partial charge in [-0.25, -0.2) is 9.78 Å². The van der Waals surface area contributed by atoms with Gasteiger partial charge in [-0.3, -0.25) is 10.1 Å². The van der Waals surface area contributed by atoms with Crippen molar-refractivity contribution in [3.63, 3.8) is 0 Å². The fourth-order valence-electron chi connectivity index (χ4n) is 1.08. The summed E-state index contributed by atoms with van der Waals surface area (Å²) in [5.41, 5.74) is 4.80. The zero-order chi connectivity index (χ0) is 12.7. The zero-order valence-corrected chi connectivity index (χ0v) is 10.6. The maximum Gasteiger partial charge on any atom is 0.318 e. The van der Waals surface area contributed by atoms with Gasteiger partial charge in [-0.15, -0.1) is 11.8 Å². The molecule has 0 aliphatic carbocycles. The second-order valence-corrected chi connectivity index (χ2v) is 4.65. The average Bonchev–Trinajstić information content (AvgIpc) is 2.25. The lowest BCUT2D eigenvalue weighted by Crippen LogP contribution is -2.34. The van der Waals surface area contributed by atoms with Crippen LogP contribution in [0.3, 0.4) is 0 Å². The number of urea groups is 1. The number of nitrogens with one attached hydrogen (secondary N) is 1. The first-order chi connectivity index (χ1) is 8.09. The topological polar surface area (TPSA) is 85.1 Å². The molecule has 1 aromatic rings. The van der Waals surface area contributed by atoms with Crippen LogP contribution < -0.4 is 11.1 Å². The summed E-state index contributed by atoms with van der Waals surface area (Å²) in [6, 6.07) is 2.69. The first kappa shape index (κ1) is 13.8. The van der Waals surface area contributed by atoms with Crippen molar-refractivity contribution in [1.29, 1.82) is 0 Å². The molecule has 1 rings (SSSR count). The van der Waals surface area contributed by atoms with Gasteiger partial charge in [0, 0.05) is 18.4 Å².